The van der Waals surface area contributed by atoms with Crippen LogP contribution in [-0.4, -0.2) is 23.5 Å². The average molecular weight is 251 g/mol. The minimum absolute atomic E-state index is 0.417. The molecule has 4 aliphatic carbocycles. The monoisotopic (exact) mass is 251 g/mol. The van der Waals surface area contributed by atoms with Gasteiger partial charge in [-0.3, -0.25) is 4.79 Å². The molecule has 18 heavy (non-hydrogen) atoms. The number of aliphatic carboxylic acids is 1. The first-order valence-corrected chi connectivity index (χ1v) is 7.07. The van der Waals surface area contributed by atoms with Crippen molar-refractivity contribution in [1.82, 2.24) is 5.32 Å². The maximum absolute atomic E-state index is 11.0. The van der Waals surface area contributed by atoms with Gasteiger partial charge in [-0.2, -0.15) is 0 Å². The lowest BCUT2D eigenvalue weighted by molar-refractivity contribution is -0.150. The average Bonchev–Trinajstić information content (AvgIpc) is 2.26. The molecule has 0 aliphatic heterocycles. The fourth-order valence-corrected chi connectivity index (χ4v) is 5.11. The van der Waals surface area contributed by atoms with E-state index in [1.165, 1.54) is 38.5 Å². The third-order valence-corrected chi connectivity index (χ3v) is 5.30. The summed E-state index contributed by atoms with van der Waals surface area (Å²) in [6.07, 6.45) is 9.14. The largest absolute Gasteiger partial charge is 0.474 e. The van der Waals surface area contributed by atoms with Gasteiger partial charge in [0.1, 0.15) is 0 Å². The molecule has 0 aromatic rings. The second-order valence-electron chi connectivity index (χ2n) is 6.73. The van der Waals surface area contributed by atoms with E-state index >= 15 is 0 Å². The minimum Gasteiger partial charge on any atom is -0.474 e. The molecule has 0 saturated heterocycles. The molecule has 0 unspecified atom stereocenters. The van der Waals surface area contributed by atoms with Crippen LogP contribution in [0.25, 0.3) is 0 Å². The highest BCUT2D eigenvalue weighted by Crippen LogP contribution is 2.61. The number of amides is 1. The lowest BCUT2D eigenvalue weighted by atomic mass is 9.49. The Morgan fingerprint density at radius 2 is 1.56 bits per heavy atom. The van der Waals surface area contributed by atoms with E-state index < -0.39 is 11.9 Å². The van der Waals surface area contributed by atoms with Gasteiger partial charge in [0, 0.05) is 6.54 Å². The van der Waals surface area contributed by atoms with Gasteiger partial charge in [-0.25, -0.2) is 4.79 Å². The van der Waals surface area contributed by atoms with Crippen LogP contribution in [0, 0.1) is 23.2 Å². The molecule has 0 spiro atoms. The van der Waals surface area contributed by atoms with Crippen LogP contribution in [0.5, 0.6) is 0 Å². The molecule has 4 bridgehead atoms. The summed E-state index contributed by atoms with van der Waals surface area (Å²) < 4.78 is 0. The van der Waals surface area contributed by atoms with Gasteiger partial charge in [-0.1, -0.05) is 0 Å². The molecule has 2 N–H and O–H groups in total. The Labute approximate surface area is 107 Å². The molecule has 1 amide bonds. The Bertz CT molecular complexity index is 342. The smallest absolute Gasteiger partial charge is 0.394 e. The van der Waals surface area contributed by atoms with Crippen LogP contribution < -0.4 is 5.32 Å². The van der Waals surface area contributed by atoms with E-state index in [-0.39, 0.29) is 0 Å². The van der Waals surface area contributed by atoms with E-state index in [9.17, 15) is 9.59 Å². The molecule has 4 aliphatic rings. The van der Waals surface area contributed by atoms with Crippen LogP contribution in [0.3, 0.4) is 0 Å². The van der Waals surface area contributed by atoms with E-state index in [1.54, 1.807) is 0 Å². The van der Waals surface area contributed by atoms with Crippen LogP contribution in [-0.2, 0) is 9.59 Å². The molecule has 0 aromatic heterocycles. The summed E-state index contributed by atoms with van der Waals surface area (Å²) in [5.41, 5.74) is 0.417. The van der Waals surface area contributed by atoms with Crippen molar-refractivity contribution in [3.8, 4) is 0 Å². The number of rotatable bonds is 3. The topological polar surface area (TPSA) is 66.4 Å². The zero-order valence-electron chi connectivity index (χ0n) is 10.7. The predicted octanol–water partition coefficient (Wildman–Crippen LogP) is 1.79. The normalized spacial score (nSPS) is 40.8. The van der Waals surface area contributed by atoms with Crippen LogP contribution >= 0.6 is 0 Å². The molecule has 4 nitrogen and oxygen atoms in total. The molecule has 0 heterocycles. The van der Waals surface area contributed by atoms with E-state index in [2.05, 4.69) is 5.32 Å². The quantitative estimate of drug-likeness (QED) is 0.752. The van der Waals surface area contributed by atoms with Crippen LogP contribution in [0.15, 0.2) is 0 Å². The predicted molar refractivity (Wildman–Crippen MR) is 65.9 cm³/mol. The fraction of sp³-hybridized carbons (Fsp3) is 0.857. The van der Waals surface area contributed by atoms with Gasteiger partial charge in [0.2, 0.25) is 0 Å². The van der Waals surface area contributed by atoms with E-state index in [4.69, 9.17) is 5.11 Å². The fourth-order valence-electron chi connectivity index (χ4n) is 5.11. The van der Waals surface area contributed by atoms with Gasteiger partial charge >= 0.3 is 11.9 Å². The minimum atomic E-state index is -1.37. The number of carbonyl (C=O) groups is 2. The number of hydrogen-bond acceptors (Lipinski definition) is 2. The number of nitrogens with one attached hydrogen (secondary N) is 1. The second kappa shape index (κ2) is 4.25. The summed E-state index contributed by atoms with van der Waals surface area (Å²) in [7, 11) is 0. The first-order chi connectivity index (χ1) is 8.56. The zero-order chi connectivity index (χ0) is 12.8. The van der Waals surface area contributed by atoms with Gasteiger partial charge in [0.25, 0.3) is 0 Å². The number of carboxylic acid groups (broad SMARTS) is 1. The standard InChI is InChI=1S/C14H21NO3/c16-12(13(17)18)15-2-1-14-6-9-3-10(7-14)5-11(4-9)8-14/h9-11H,1-8H2,(H,15,16)(H,17,18). The van der Waals surface area contributed by atoms with Gasteiger partial charge in [-0.05, 0) is 68.1 Å². The molecule has 0 aromatic carbocycles. The van der Waals surface area contributed by atoms with Crippen molar-refractivity contribution in [2.24, 2.45) is 23.2 Å². The van der Waals surface area contributed by atoms with Crippen molar-refractivity contribution >= 4 is 11.9 Å². The highest BCUT2D eigenvalue weighted by molar-refractivity contribution is 6.31. The first kappa shape index (κ1) is 12.0. The summed E-state index contributed by atoms with van der Waals surface area (Å²) >= 11 is 0. The summed E-state index contributed by atoms with van der Waals surface area (Å²) in [6, 6.07) is 0. The summed E-state index contributed by atoms with van der Waals surface area (Å²) in [5.74, 6) is 0.490. The molecular formula is C14H21NO3. The Morgan fingerprint density at radius 1 is 1.06 bits per heavy atom. The summed E-state index contributed by atoms with van der Waals surface area (Å²) in [5, 5.41) is 11.0. The van der Waals surface area contributed by atoms with E-state index in [1.807, 2.05) is 0 Å². The lowest BCUT2D eigenvalue weighted by Crippen LogP contribution is -2.47. The lowest BCUT2D eigenvalue weighted by Gasteiger charge is -2.57. The molecule has 4 heteroatoms. The van der Waals surface area contributed by atoms with Gasteiger partial charge in [-0.15, -0.1) is 0 Å². The maximum Gasteiger partial charge on any atom is 0.394 e. The molecule has 4 rings (SSSR count). The Balaban J connectivity index is 1.56. The molecule has 0 radical (unpaired) electrons. The molecule has 0 atom stereocenters. The van der Waals surface area contributed by atoms with Crippen molar-refractivity contribution in [2.45, 2.75) is 44.9 Å². The summed E-state index contributed by atoms with van der Waals surface area (Å²) in [4.78, 5) is 21.5. The Morgan fingerprint density at radius 3 is 2.00 bits per heavy atom. The van der Waals surface area contributed by atoms with Crippen LogP contribution in [0.2, 0.25) is 0 Å². The van der Waals surface area contributed by atoms with E-state index in [0.717, 1.165) is 24.2 Å². The van der Waals surface area contributed by atoms with Crippen molar-refractivity contribution < 1.29 is 14.7 Å². The molecule has 4 fully saturated rings. The Kier molecular flexibility index (Phi) is 2.83. The van der Waals surface area contributed by atoms with E-state index in [0.29, 0.717) is 12.0 Å². The Hall–Kier alpha value is -1.06. The molecule has 100 valence electrons. The number of carboxylic acids is 1. The van der Waals surface area contributed by atoms with Gasteiger partial charge in [0.15, 0.2) is 0 Å². The van der Waals surface area contributed by atoms with Crippen LogP contribution in [0.4, 0.5) is 0 Å². The van der Waals surface area contributed by atoms with Crippen LogP contribution in [0.1, 0.15) is 44.9 Å². The van der Waals surface area contributed by atoms with Crippen molar-refractivity contribution in [3.05, 3.63) is 0 Å². The molecular weight excluding hydrogens is 230 g/mol. The third-order valence-electron chi connectivity index (χ3n) is 5.30. The van der Waals surface area contributed by atoms with Gasteiger partial charge in [0.05, 0.1) is 0 Å². The molecule has 4 saturated carbocycles. The second-order valence-corrected chi connectivity index (χ2v) is 6.73. The highest BCUT2D eigenvalue weighted by atomic mass is 16.4. The highest BCUT2D eigenvalue weighted by Gasteiger charge is 2.50. The SMILES string of the molecule is O=C(O)C(=O)NCCC12CC3CC(CC(C3)C1)C2. The first-order valence-electron chi connectivity index (χ1n) is 7.07. The summed E-state index contributed by atoms with van der Waals surface area (Å²) in [6.45, 7) is 0.525. The number of carbonyl (C=O) groups excluding carboxylic acids is 1. The maximum atomic E-state index is 11.0. The van der Waals surface area contributed by atoms with Crippen molar-refractivity contribution in [2.75, 3.05) is 6.54 Å². The van der Waals surface area contributed by atoms with Crippen molar-refractivity contribution in [3.63, 3.8) is 0 Å². The third kappa shape index (κ3) is 2.13. The van der Waals surface area contributed by atoms with Gasteiger partial charge < -0.3 is 10.4 Å². The zero-order valence-corrected chi connectivity index (χ0v) is 10.7. The number of hydrogen-bond donors (Lipinski definition) is 2. The van der Waals surface area contributed by atoms with Crippen molar-refractivity contribution in [1.29, 1.82) is 0 Å².